The van der Waals surface area contributed by atoms with Crippen molar-refractivity contribution in [3.63, 3.8) is 0 Å². The van der Waals surface area contributed by atoms with E-state index in [-0.39, 0.29) is 10.8 Å². The van der Waals surface area contributed by atoms with Crippen molar-refractivity contribution in [2.45, 2.75) is 39.0 Å². The molecule has 1 aromatic carbocycles. The van der Waals surface area contributed by atoms with Crippen LogP contribution in [0.1, 0.15) is 39.2 Å². The molecule has 0 bridgehead atoms. The van der Waals surface area contributed by atoms with Crippen molar-refractivity contribution in [3.05, 3.63) is 29.8 Å². The second-order valence-electron chi connectivity index (χ2n) is 6.37. The largest absolute Gasteiger partial charge is 0.496 e. The molecule has 1 fully saturated rings. The number of benzene rings is 1. The molecule has 0 unspecified atom stereocenters. The van der Waals surface area contributed by atoms with Gasteiger partial charge in [-0.05, 0) is 30.2 Å². The fourth-order valence-electron chi connectivity index (χ4n) is 2.81. The summed E-state index contributed by atoms with van der Waals surface area (Å²) in [5, 5.41) is 9.59. The van der Waals surface area contributed by atoms with Crippen molar-refractivity contribution in [1.82, 2.24) is 0 Å². The maximum atomic E-state index is 9.59. The van der Waals surface area contributed by atoms with E-state index in [2.05, 4.69) is 26.8 Å². The average molecular weight is 243 g/mol. The highest BCUT2D eigenvalue weighted by Crippen LogP contribution is 2.55. The maximum Gasteiger partial charge on any atom is 0.123 e. The van der Waals surface area contributed by atoms with E-state index in [4.69, 9.17) is 4.74 Å². The fourth-order valence-corrected chi connectivity index (χ4v) is 2.81. The van der Waals surface area contributed by atoms with E-state index in [1.807, 2.05) is 24.3 Å². The van der Waals surface area contributed by atoms with Crippen LogP contribution >= 0.6 is 0 Å². The topological polar surface area (TPSA) is 33.0 Å². The summed E-state index contributed by atoms with van der Waals surface area (Å²) in [6.07, 6.45) is 1.88. The zero-order valence-corrected chi connectivity index (χ0v) is 11.7. The van der Waals surface area contributed by atoms with Crippen LogP contribution in [0.2, 0.25) is 0 Å². The molecule has 1 aromatic rings. The molecule has 0 aliphatic heterocycles. The van der Waals surface area contributed by atoms with E-state index in [1.165, 1.54) is 0 Å². The van der Waals surface area contributed by atoms with Gasteiger partial charge in [-0.15, -0.1) is 0 Å². The SMILES string of the molecule is COc1ccccc1C1(C#N)CC(C(C)(C)C)C1. The van der Waals surface area contributed by atoms with E-state index in [0.717, 1.165) is 24.2 Å². The Kier molecular flexibility index (Phi) is 3.11. The van der Waals surface area contributed by atoms with Gasteiger partial charge in [0, 0.05) is 5.56 Å². The van der Waals surface area contributed by atoms with Crippen molar-refractivity contribution in [3.8, 4) is 11.8 Å². The molecular weight excluding hydrogens is 222 g/mol. The molecule has 0 heterocycles. The second-order valence-corrected chi connectivity index (χ2v) is 6.37. The Balaban J connectivity index is 2.30. The standard InChI is InChI=1S/C16H21NO/c1-15(2,3)12-9-16(10-12,11-17)13-7-5-6-8-14(13)18-4/h5-8,12H,9-10H2,1-4H3. The molecule has 0 saturated heterocycles. The molecule has 2 nitrogen and oxygen atoms in total. The number of nitriles is 1. The third-order valence-electron chi connectivity index (χ3n) is 4.25. The van der Waals surface area contributed by atoms with Crippen molar-refractivity contribution in [2.24, 2.45) is 11.3 Å². The van der Waals surface area contributed by atoms with Gasteiger partial charge in [0.25, 0.3) is 0 Å². The van der Waals surface area contributed by atoms with Gasteiger partial charge in [0.05, 0.1) is 18.6 Å². The van der Waals surface area contributed by atoms with E-state index >= 15 is 0 Å². The lowest BCUT2D eigenvalue weighted by Crippen LogP contribution is -2.45. The highest BCUT2D eigenvalue weighted by molar-refractivity contribution is 5.46. The Morgan fingerprint density at radius 3 is 2.39 bits per heavy atom. The Labute approximate surface area is 110 Å². The Hall–Kier alpha value is -1.49. The molecule has 0 aromatic heterocycles. The minimum absolute atomic E-state index is 0.280. The van der Waals surface area contributed by atoms with Gasteiger partial charge in [-0.3, -0.25) is 0 Å². The lowest BCUT2D eigenvalue weighted by molar-refractivity contribution is 0.0768. The van der Waals surface area contributed by atoms with Crippen molar-refractivity contribution in [2.75, 3.05) is 7.11 Å². The highest BCUT2D eigenvalue weighted by Gasteiger charge is 2.51. The molecular formula is C16H21NO. The summed E-state index contributed by atoms with van der Waals surface area (Å²) in [5.74, 6) is 1.45. The van der Waals surface area contributed by atoms with Crippen LogP contribution in [0.5, 0.6) is 5.75 Å². The molecule has 2 heteroatoms. The van der Waals surface area contributed by atoms with Gasteiger partial charge in [0.1, 0.15) is 5.75 Å². The Bertz CT molecular complexity index is 473. The normalized spacial score (nSPS) is 27.2. The van der Waals surface area contributed by atoms with Crippen LogP contribution in [0.4, 0.5) is 0 Å². The van der Waals surface area contributed by atoms with Crippen molar-refractivity contribution in [1.29, 1.82) is 5.26 Å². The molecule has 96 valence electrons. The van der Waals surface area contributed by atoms with Crippen LogP contribution in [0, 0.1) is 22.7 Å². The minimum Gasteiger partial charge on any atom is -0.496 e. The molecule has 0 amide bonds. The summed E-state index contributed by atoms with van der Waals surface area (Å²) in [5.41, 5.74) is 0.989. The predicted molar refractivity (Wildman–Crippen MR) is 72.5 cm³/mol. The third kappa shape index (κ3) is 1.99. The fraction of sp³-hybridized carbons (Fsp3) is 0.562. The summed E-state index contributed by atoms with van der Waals surface area (Å²) in [7, 11) is 1.67. The molecule has 1 aliphatic rings. The maximum absolute atomic E-state index is 9.59. The zero-order valence-electron chi connectivity index (χ0n) is 11.7. The average Bonchev–Trinajstić information content (AvgIpc) is 2.27. The summed E-state index contributed by atoms with van der Waals surface area (Å²) in [6.45, 7) is 6.75. The predicted octanol–water partition coefficient (Wildman–Crippen LogP) is 3.91. The number of hydrogen-bond donors (Lipinski definition) is 0. The summed E-state index contributed by atoms with van der Waals surface area (Å²) in [6, 6.07) is 10.4. The molecule has 0 spiro atoms. The Morgan fingerprint density at radius 1 is 1.28 bits per heavy atom. The van der Waals surface area contributed by atoms with Gasteiger partial charge >= 0.3 is 0 Å². The third-order valence-corrected chi connectivity index (χ3v) is 4.25. The molecule has 2 rings (SSSR count). The van der Waals surface area contributed by atoms with Gasteiger partial charge in [-0.2, -0.15) is 5.26 Å². The van der Waals surface area contributed by atoms with Crippen LogP contribution in [-0.2, 0) is 5.41 Å². The summed E-state index contributed by atoms with van der Waals surface area (Å²) >= 11 is 0. The van der Waals surface area contributed by atoms with E-state index in [9.17, 15) is 5.26 Å². The molecule has 1 saturated carbocycles. The molecule has 0 atom stereocenters. The summed E-state index contributed by atoms with van der Waals surface area (Å²) < 4.78 is 5.40. The smallest absolute Gasteiger partial charge is 0.123 e. The van der Waals surface area contributed by atoms with Crippen LogP contribution in [0.15, 0.2) is 24.3 Å². The van der Waals surface area contributed by atoms with Gasteiger partial charge in [0.15, 0.2) is 0 Å². The lowest BCUT2D eigenvalue weighted by atomic mass is 9.53. The Morgan fingerprint density at radius 2 is 1.89 bits per heavy atom. The van der Waals surface area contributed by atoms with Crippen LogP contribution in [-0.4, -0.2) is 7.11 Å². The van der Waals surface area contributed by atoms with E-state index in [0.29, 0.717) is 5.92 Å². The number of nitrogens with zero attached hydrogens (tertiary/aromatic N) is 1. The van der Waals surface area contributed by atoms with Gasteiger partial charge < -0.3 is 4.74 Å². The lowest BCUT2D eigenvalue weighted by Gasteiger charge is -2.49. The minimum atomic E-state index is -0.343. The van der Waals surface area contributed by atoms with E-state index < -0.39 is 0 Å². The number of para-hydroxylation sites is 1. The first kappa shape index (κ1) is 13.0. The molecule has 1 aliphatic carbocycles. The highest BCUT2D eigenvalue weighted by atomic mass is 16.5. The van der Waals surface area contributed by atoms with E-state index in [1.54, 1.807) is 7.11 Å². The molecule has 18 heavy (non-hydrogen) atoms. The molecule has 0 radical (unpaired) electrons. The van der Waals surface area contributed by atoms with Crippen molar-refractivity contribution < 1.29 is 4.74 Å². The zero-order chi connectivity index (χ0) is 13.4. The number of hydrogen-bond acceptors (Lipinski definition) is 2. The van der Waals surface area contributed by atoms with Crippen molar-refractivity contribution >= 4 is 0 Å². The van der Waals surface area contributed by atoms with Gasteiger partial charge in [-0.1, -0.05) is 39.0 Å². The first-order valence-corrected chi connectivity index (χ1v) is 6.48. The van der Waals surface area contributed by atoms with Crippen LogP contribution in [0.25, 0.3) is 0 Å². The summed E-state index contributed by atoms with van der Waals surface area (Å²) in [4.78, 5) is 0. The van der Waals surface area contributed by atoms with Crippen LogP contribution < -0.4 is 4.74 Å². The first-order valence-electron chi connectivity index (χ1n) is 6.48. The van der Waals surface area contributed by atoms with Crippen LogP contribution in [0.3, 0.4) is 0 Å². The molecule has 0 N–H and O–H groups in total. The monoisotopic (exact) mass is 243 g/mol. The number of rotatable bonds is 2. The quantitative estimate of drug-likeness (QED) is 0.789. The number of ether oxygens (including phenoxy) is 1. The second kappa shape index (κ2) is 4.31. The van der Waals surface area contributed by atoms with Gasteiger partial charge in [0.2, 0.25) is 0 Å². The number of methoxy groups -OCH3 is 1. The van der Waals surface area contributed by atoms with Gasteiger partial charge in [-0.25, -0.2) is 0 Å². The first-order chi connectivity index (χ1) is 8.43.